The van der Waals surface area contributed by atoms with Gasteiger partial charge in [-0.1, -0.05) is 170 Å². The van der Waals surface area contributed by atoms with E-state index in [1.165, 1.54) is 153 Å². The van der Waals surface area contributed by atoms with Crippen molar-refractivity contribution in [3.63, 3.8) is 0 Å². The standard InChI is InChI=1S/C73H41N5/c1-3-19-46(20-4-1)75-60-31-13-11-25-51(60)56-37-44(33-35-62(56)75)50-27-15-28-53-54-29-16-30-55-67-64(77(69(50)53)70(54)55)41-74-73-68(67)59-39-43-18-8-10-24-49(43)66-58-38-42-17-7-9-23-48(42)65(71(58)78(73)72(59)66)45-34-36-63-57(40-45)52-26-12-14-32-61(52)76(63)47-21-5-2-6-22-47/h1-41H. The van der Waals surface area contributed by atoms with Crippen LogP contribution in [0.3, 0.4) is 0 Å². The fraction of sp³-hybridized carbons (Fsp3) is 0. The van der Waals surface area contributed by atoms with Crippen LogP contribution in [0.15, 0.2) is 249 Å². The minimum Gasteiger partial charge on any atom is -0.309 e. The molecule has 78 heavy (non-hydrogen) atoms. The Morgan fingerprint density at radius 3 is 1.47 bits per heavy atom. The maximum Gasteiger partial charge on any atom is 0.146 e. The van der Waals surface area contributed by atoms with Crippen LogP contribution < -0.4 is 0 Å². The normalized spacial score (nSPS) is 12.6. The lowest BCUT2D eigenvalue weighted by atomic mass is 9.92. The number of hydrogen-bond donors (Lipinski definition) is 0. The lowest BCUT2D eigenvalue weighted by molar-refractivity contribution is 1.18. The zero-order chi connectivity index (χ0) is 50.5. The molecule has 0 amide bonds. The molecule has 0 unspecified atom stereocenters. The molecule has 0 aliphatic heterocycles. The molecule has 0 spiro atoms. The molecule has 0 fully saturated rings. The first kappa shape index (κ1) is 40.8. The number of nitrogens with zero attached hydrogens (tertiary/aromatic N) is 5. The van der Waals surface area contributed by atoms with Gasteiger partial charge in [-0.2, -0.15) is 0 Å². The lowest BCUT2D eigenvalue weighted by Gasteiger charge is -2.13. The third-order valence-corrected chi connectivity index (χ3v) is 17.6. The Morgan fingerprint density at radius 2 is 0.782 bits per heavy atom. The fourth-order valence-electron chi connectivity index (χ4n) is 14.5. The van der Waals surface area contributed by atoms with Gasteiger partial charge in [0.25, 0.3) is 0 Å². The van der Waals surface area contributed by atoms with Gasteiger partial charge in [0.2, 0.25) is 0 Å². The Kier molecular flexibility index (Phi) is 7.68. The zero-order valence-electron chi connectivity index (χ0n) is 41.9. The van der Waals surface area contributed by atoms with Gasteiger partial charge in [0.1, 0.15) is 5.65 Å². The van der Waals surface area contributed by atoms with Crippen LogP contribution in [-0.2, 0) is 0 Å². The highest BCUT2D eigenvalue weighted by Crippen LogP contribution is 2.52. The molecule has 0 saturated carbocycles. The number of para-hydroxylation sites is 6. The molecule has 0 N–H and O–H groups in total. The van der Waals surface area contributed by atoms with Crippen molar-refractivity contribution in [1.82, 2.24) is 22.9 Å². The maximum absolute atomic E-state index is 5.73. The van der Waals surface area contributed by atoms with E-state index in [9.17, 15) is 0 Å². The van der Waals surface area contributed by atoms with E-state index in [-0.39, 0.29) is 0 Å². The number of fused-ring (bicyclic) bond motifs is 22. The van der Waals surface area contributed by atoms with Crippen LogP contribution in [0.25, 0.3) is 175 Å². The van der Waals surface area contributed by atoms with Crippen molar-refractivity contribution in [2.75, 3.05) is 0 Å². The third kappa shape index (κ3) is 5.04. The van der Waals surface area contributed by atoms with Gasteiger partial charge in [-0.3, -0.25) is 4.40 Å². The highest BCUT2D eigenvalue weighted by atomic mass is 15.0. The number of hydrogen-bond acceptors (Lipinski definition) is 1. The lowest BCUT2D eigenvalue weighted by Crippen LogP contribution is -1.93. The molecule has 19 aromatic rings. The molecular formula is C73H41N5. The van der Waals surface area contributed by atoms with Crippen molar-refractivity contribution in [2.45, 2.75) is 0 Å². The minimum absolute atomic E-state index is 0.977. The van der Waals surface area contributed by atoms with E-state index in [1.807, 2.05) is 0 Å². The van der Waals surface area contributed by atoms with Gasteiger partial charge >= 0.3 is 0 Å². The summed E-state index contributed by atoms with van der Waals surface area (Å²) in [5.74, 6) is 0. The van der Waals surface area contributed by atoms with Crippen molar-refractivity contribution in [3.8, 4) is 33.6 Å². The summed E-state index contributed by atoms with van der Waals surface area (Å²) in [7, 11) is 0. The smallest absolute Gasteiger partial charge is 0.146 e. The molecule has 12 aromatic carbocycles. The SMILES string of the molecule is c1ccc(-n2c3ccccc3c3cc(-c4cccc5c6cccc7c8c9c%10cc%11ccccc%11c%11c%12cc%13ccccc%13c(-c%13ccc%14c(c%13)c%13ccccc%13n%14-c%13ccccc%13)c%12n(c9ncc8n(c45)c67)c%10%11)ccc32)cc1. The summed E-state index contributed by atoms with van der Waals surface area (Å²) in [4.78, 5) is 5.73. The quantitative estimate of drug-likeness (QED) is 0.173. The molecule has 358 valence electrons. The van der Waals surface area contributed by atoms with Crippen molar-refractivity contribution in [3.05, 3.63) is 249 Å². The van der Waals surface area contributed by atoms with E-state index in [2.05, 4.69) is 267 Å². The largest absolute Gasteiger partial charge is 0.309 e. The predicted octanol–water partition coefficient (Wildman–Crippen LogP) is 19.2. The van der Waals surface area contributed by atoms with Crippen LogP contribution in [-0.4, -0.2) is 22.9 Å². The number of pyridine rings is 1. The fourth-order valence-corrected chi connectivity index (χ4v) is 14.5. The van der Waals surface area contributed by atoms with E-state index in [4.69, 9.17) is 4.98 Å². The molecule has 19 rings (SSSR count). The molecule has 0 bridgehead atoms. The second-order valence-corrected chi connectivity index (χ2v) is 21.4. The van der Waals surface area contributed by atoms with Crippen molar-refractivity contribution >= 4 is 141 Å². The highest BCUT2D eigenvalue weighted by Gasteiger charge is 2.29. The topological polar surface area (TPSA) is 31.6 Å². The minimum atomic E-state index is 0.977. The Bertz CT molecular complexity index is 5790. The number of rotatable bonds is 4. The van der Waals surface area contributed by atoms with Crippen molar-refractivity contribution < 1.29 is 0 Å². The van der Waals surface area contributed by atoms with Gasteiger partial charge in [0, 0.05) is 87.1 Å². The monoisotopic (exact) mass is 987 g/mol. The summed E-state index contributed by atoms with van der Waals surface area (Å²) in [6, 6.07) is 90.0. The number of aromatic nitrogens is 5. The second kappa shape index (κ2) is 14.7. The Balaban J connectivity index is 0.933. The Morgan fingerprint density at radius 1 is 0.269 bits per heavy atom. The summed E-state index contributed by atoms with van der Waals surface area (Å²) in [6.45, 7) is 0. The molecule has 5 heteroatoms. The van der Waals surface area contributed by atoms with Gasteiger partial charge in [0.15, 0.2) is 0 Å². The zero-order valence-corrected chi connectivity index (χ0v) is 41.9. The molecule has 7 aromatic heterocycles. The second-order valence-electron chi connectivity index (χ2n) is 21.4. The summed E-state index contributed by atoms with van der Waals surface area (Å²) in [6.07, 6.45) is 2.18. The van der Waals surface area contributed by atoms with Crippen LogP contribution in [0, 0.1) is 0 Å². The number of benzene rings is 12. The molecular weight excluding hydrogens is 947 g/mol. The molecule has 0 atom stereocenters. The summed E-state index contributed by atoms with van der Waals surface area (Å²) < 4.78 is 9.89. The predicted molar refractivity (Wildman–Crippen MR) is 328 cm³/mol. The van der Waals surface area contributed by atoms with Gasteiger partial charge in [-0.25, -0.2) is 4.98 Å². The van der Waals surface area contributed by atoms with E-state index >= 15 is 0 Å². The van der Waals surface area contributed by atoms with Gasteiger partial charge in [-0.05, 0) is 105 Å². The molecule has 5 nitrogen and oxygen atoms in total. The van der Waals surface area contributed by atoms with Gasteiger partial charge in [0.05, 0.1) is 55.8 Å². The van der Waals surface area contributed by atoms with Gasteiger partial charge in [-0.15, -0.1) is 0 Å². The Labute approximate surface area is 444 Å². The van der Waals surface area contributed by atoms with Gasteiger partial charge < -0.3 is 13.5 Å². The Hall–Kier alpha value is -10.5. The maximum atomic E-state index is 5.73. The molecule has 0 aliphatic rings. The highest BCUT2D eigenvalue weighted by molar-refractivity contribution is 6.39. The molecule has 0 radical (unpaired) electrons. The van der Waals surface area contributed by atoms with E-state index in [1.54, 1.807) is 0 Å². The third-order valence-electron chi connectivity index (χ3n) is 17.6. The first-order valence-electron chi connectivity index (χ1n) is 27.0. The average molecular weight is 988 g/mol. The summed E-state index contributed by atoms with van der Waals surface area (Å²) in [5.41, 5.74) is 18.8. The average Bonchev–Trinajstić information content (AvgIpc) is 4.51. The van der Waals surface area contributed by atoms with Crippen LogP contribution in [0.2, 0.25) is 0 Å². The van der Waals surface area contributed by atoms with Crippen LogP contribution in [0.1, 0.15) is 0 Å². The van der Waals surface area contributed by atoms with Crippen LogP contribution >= 0.6 is 0 Å². The molecule has 0 saturated heterocycles. The van der Waals surface area contributed by atoms with Crippen LogP contribution in [0.4, 0.5) is 0 Å². The summed E-state index contributed by atoms with van der Waals surface area (Å²) in [5, 5.41) is 19.8. The van der Waals surface area contributed by atoms with E-state index < -0.39 is 0 Å². The van der Waals surface area contributed by atoms with E-state index in [0.717, 1.165) is 22.5 Å². The summed E-state index contributed by atoms with van der Waals surface area (Å²) >= 11 is 0. The molecule has 7 heterocycles. The molecule has 0 aliphatic carbocycles. The van der Waals surface area contributed by atoms with Crippen molar-refractivity contribution in [1.29, 1.82) is 0 Å². The van der Waals surface area contributed by atoms with E-state index in [0.29, 0.717) is 0 Å². The first-order chi connectivity index (χ1) is 38.7. The first-order valence-corrected chi connectivity index (χ1v) is 27.0. The van der Waals surface area contributed by atoms with Crippen molar-refractivity contribution in [2.24, 2.45) is 0 Å². The van der Waals surface area contributed by atoms with Crippen LogP contribution in [0.5, 0.6) is 0 Å².